The predicted molar refractivity (Wildman–Crippen MR) is 93.8 cm³/mol. The van der Waals surface area contributed by atoms with Gasteiger partial charge in [0, 0.05) is 15.1 Å². The van der Waals surface area contributed by atoms with E-state index in [2.05, 4.69) is 42.2 Å². The number of hydrogen-bond donors (Lipinski definition) is 2. The van der Waals surface area contributed by atoms with Crippen LogP contribution in [0.1, 0.15) is 9.67 Å². The number of carbonyl (C=O) groups excluding carboxylic acids is 1. The van der Waals surface area contributed by atoms with Crippen molar-refractivity contribution >= 4 is 70.7 Å². The molecule has 0 radical (unpaired) electrons. The summed E-state index contributed by atoms with van der Waals surface area (Å²) in [6.45, 7) is 0. The molecule has 2 heterocycles. The minimum Gasteiger partial charge on any atom is -0.396 e. The van der Waals surface area contributed by atoms with Crippen molar-refractivity contribution < 1.29 is 4.79 Å². The average Bonchev–Trinajstić information content (AvgIpc) is 2.81. The van der Waals surface area contributed by atoms with Gasteiger partial charge in [0.15, 0.2) is 0 Å². The molecule has 0 atom stereocenters. The Morgan fingerprint density at radius 2 is 1.90 bits per heavy atom. The van der Waals surface area contributed by atoms with Crippen LogP contribution in [0, 0.1) is 0 Å². The zero-order valence-corrected chi connectivity index (χ0v) is 14.5. The fourth-order valence-corrected chi connectivity index (χ4v) is 4.08. The Morgan fingerprint density at radius 1 is 1.19 bits per heavy atom. The molecule has 106 valence electrons. The summed E-state index contributed by atoms with van der Waals surface area (Å²) in [5.74, 6) is -0.247. The van der Waals surface area contributed by atoms with Crippen molar-refractivity contribution in [1.29, 1.82) is 0 Å². The molecule has 2 aromatic heterocycles. The summed E-state index contributed by atoms with van der Waals surface area (Å²) >= 11 is 8.17. The third-order valence-corrected chi connectivity index (χ3v) is 5.37. The zero-order valence-electron chi connectivity index (χ0n) is 10.6. The quantitative estimate of drug-likeness (QED) is 0.626. The molecule has 0 aliphatic rings. The third kappa shape index (κ3) is 2.68. The maximum Gasteiger partial charge on any atom is 0.268 e. The van der Waals surface area contributed by atoms with Crippen molar-refractivity contribution in [3.05, 3.63) is 50.4 Å². The van der Waals surface area contributed by atoms with E-state index in [0.717, 1.165) is 13.6 Å². The van der Waals surface area contributed by atoms with Gasteiger partial charge in [0.2, 0.25) is 0 Å². The maximum atomic E-state index is 12.5. The van der Waals surface area contributed by atoms with Crippen LogP contribution in [-0.4, -0.2) is 10.9 Å². The van der Waals surface area contributed by atoms with E-state index >= 15 is 0 Å². The molecule has 1 amide bonds. The molecular weight excluding hydrogens is 418 g/mol. The smallest absolute Gasteiger partial charge is 0.268 e. The molecule has 3 aromatic rings. The summed E-state index contributed by atoms with van der Waals surface area (Å²) in [7, 11) is 0. The number of carbonyl (C=O) groups is 1. The number of nitrogens with zero attached hydrogens (tertiary/aromatic N) is 1. The third-order valence-electron chi connectivity index (χ3n) is 2.89. The van der Waals surface area contributed by atoms with Crippen LogP contribution in [0.4, 0.5) is 11.4 Å². The number of halogens is 2. The van der Waals surface area contributed by atoms with Gasteiger partial charge >= 0.3 is 0 Å². The van der Waals surface area contributed by atoms with Gasteiger partial charge in [0.25, 0.3) is 5.91 Å². The van der Waals surface area contributed by atoms with Crippen LogP contribution in [0.3, 0.4) is 0 Å². The topological polar surface area (TPSA) is 68.0 Å². The van der Waals surface area contributed by atoms with Crippen molar-refractivity contribution in [1.82, 2.24) is 4.98 Å². The molecular formula is C14H9Br2N3OS. The molecule has 3 N–H and O–H groups in total. The summed E-state index contributed by atoms with van der Waals surface area (Å²) in [6, 6.07) is 9.31. The normalized spacial score (nSPS) is 10.8. The van der Waals surface area contributed by atoms with Gasteiger partial charge in [0.1, 0.15) is 10.4 Å². The highest BCUT2D eigenvalue weighted by Gasteiger charge is 2.18. The number of thiophene rings is 1. The lowest BCUT2D eigenvalue weighted by Gasteiger charge is -2.08. The number of anilines is 2. The van der Waals surface area contributed by atoms with Gasteiger partial charge in [-0.2, -0.15) is 0 Å². The van der Waals surface area contributed by atoms with Gasteiger partial charge in [-0.1, -0.05) is 6.07 Å². The van der Waals surface area contributed by atoms with Gasteiger partial charge in [-0.25, -0.2) is 0 Å². The number of aromatic nitrogens is 1. The number of nitrogens with two attached hydrogens (primary N) is 1. The van der Waals surface area contributed by atoms with Crippen LogP contribution in [0.25, 0.3) is 10.2 Å². The van der Waals surface area contributed by atoms with Crippen LogP contribution < -0.4 is 11.1 Å². The summed E-state index contributed by atoms with van der Waals surface area (Å²) in [5, 5.41) is 2.87. The van der Waals surface area contributed by atoms with E-state index in [0.29, 0.717) is 21.8 Å². The molecule has 4 nitrogen and oxygen atoms in total. The number of amides is 1. The van der Waals surface area contributed by atoms with E-state index in [9.17, 15) is 4.79 Å². The van der Waals surface area contributed by atoms with Crippen molar-refractivity contribution in [2.24, 2.45) is 0 Å². The Labute approximate surface area is 141 Å². The molecule has 0 saturated heterocycles. The predicted octanol–water partition coefficient (Wildman–Crippen LogP) is 4.66. The second-order valence-electron chi connectivity index (χ2n) is 4.25. The number of pyridine rings is 1. The van der Waals surface area contributed by atoms with Gasteiger partial charge in [-0.15, -0.1) is 11.3 Å². The van der Waals surface area contributed by atoms with E-state index in [1.807, 2.05) is 30.3 Å². The Hall–Kier alpha value is -1.44. The second kappa shape index (κ2) is 5.75. The molecule has 7 heteroatoms. The first kappa shape index (κ1) is 14.5. The van der Waals surface area contributed by atoms with E-state index in [-0.39, 0.29) is 5.91 Å². The first-order valence-corrected chi connectivity index (χ1v) is 8.36. The number of hydrogen-bond acceptors (Lipinski definition) is 4. The highest BCUT2D eigenvalue weighted by molar-refractivity contribution is 9.11. The van der Waals surface area contributed by atoms with Crippen molar-refractivity contribution in [2.45, 2.75) is 0 Å². The van der Waals surface area contributed by atoms with Crippen molar-refractivity contribution in [3.63, 3.8) is 0 Å². The Morgan fingerprint density at radius 3 is 2.57 bits per heavy atom. The number of nitrogen functional groups attached to an aromatic ring is 1. The summed E-state index contributed by atoms with van der Waals surface area (Å²) < 4.78 is 2.48. The van der Waals surface area contributed by atoms with E-state index in [1.54, 1.807) is 6.20 Å². The van der Waals surface area contributed by atoms with Crippen LogP contribution >= 0.6 is 43.2 Å². The lowest BCUT2D eigenvalue weighted by Crippen LogP contribution is -2.12. The van der Waals surface area contributed by atoms with E-state index in [4.69, 9.17) is 5.73 Å². The fraction of sp³-hybridized carbons (Fsp3) is 0. The first-order valence-electron chi connectivity index (χ1n) is 5.96. The minimum atomic E-state index is -0.247. The number of rotatable bonds is 2. The fourth-order valence-electron chi connectivity index (χ4n) is 1.90. The number of para-hydroxylation sites is 1. The van der Waals surface area contributed by atoms with Gasteiger partial charge < -0.3 is 11.1 Å². The Kier molecular flexibility index (Phi) is 3.97. The number of fused-ring (bicyclic) bond motifs is 1. The molecule has 0 spiro atoms. The maximum absolute atomic E-state index is 12.5. The van der Waals surface area contributed by atoms with Gasteiger partial charge in [-0.05, 0) is 56.1 Å². The van der Waals surface area contributed by atoms with Crippen LogP contribution in [0.5, 0.6) is 0 Å². The SMILES string of the molecule is Nc1c(C(=O)Nc2c(Br)cccc2Br)sc2cccnc12. The molecule has 0 bridgehead atoms. The Bertz CT molecular complexity index is 827. The highest BCUT2D eigenvalue weighted by atomic mass is 79.9. The van der Waals surface area contributed by atoms with E-state index in [1.165, 1.54) is 11.3 Å². The largest absolute Gasteiger partial charge is 0.396 e. The summed E-state index contributed by atoms with van der Waals surface area (Å²) in [5.41, 5.74) is 7.79. The number of benzene rings is 1. The molecule has 0 unspecified atom stereocenters. The molecule has 1 aromatic carbocycles. The molecule has 21 heavy (non-hydrogen) atoms. The lowest BCUT2D eigenvalue weighted by molar-refractivity contribution is 0.103. The standard InChI is InChI=1S/C14H9Br2N3OS/c15-7-3-1-4-8(16)11(7)19-14(20)13-10(17)12-9(21-13)5-2-6-18-12/h1-6H,17H2,(H,19,20). The monoisotopic (exact) mass is 425 g/mol. The van der Waals surface area contributed by atoms with Crippen LogP contribution in [0.2, 0.25) is 0 Å². The second-order valence-corrected chi connectivity index (χ2v) is 7.01. The van der Waals surface area contributed by atoms with Gasteiger partial charge in [-0.3, -0.25) is 9.78 Å². The summed E-state index contributed by atoms with van der Waals surface area (Å²) in [6.07, 6.45) is 1.66. The van der Waals surface area contributed by atoms with E-state index < -0.39 is 0 Å². The zero-order chi connectivity index (χ0) is 15.0. The molecule has 0 saturated carbocycles. The molecule has 3 rings (SSSR count). The molecule has 0 fully saturated rings. The van der Waals surface area contributed by atoms with Crippen LogP contribution in [0.15, 0.2) is 45.5 Å². The highest BCUT2D eigenvalue weighted by Crippen LogP contribution is 2.35. The summed E-state index contributed by atoms with van der Waals surface area (Å²) in [4.78, 5) is 17.1. The van der Waals surface area contributed by atoms with Crippen molar-refractivity contribution in [2.75, 3.05) is 11.1 Å². The molecule has 0 aliphatic heterocycles. The number of nitrogens with one attached hydrogen (secondary N) is 1. The lowest BCUT2D eigenvalue weighted by atomic mass is 10.3. The average molecular weight is 427 g/mol. The minimum absolute atomic E-state index is 0.247. The first-order chi connectivity index (χ1) is 10.1. The van der Waals surface area contributed by atoms with Crippen molar-refractivity contribution in [3.8, 4) is 0 Å². The van der Waals surface area contributed by atoms with Gasteiger partial charge in [0.05, 0.1) is 16.1 Å². The Balaban J connectivity index is 2.00. The molecule has 0 aliphatic carbocycles. The van der Waals surface area contributed by atoms with Crippen LogP contribution in [-0.2, 0) is 0 Å².